The van der Waals surface area contributed by atoms with Crippen LogP contribution in [-0.2, 0) is 13.2 Å². The number of alkyl halides is 3. The van der Waals surface area contributed by atoms with Crippen LogP contribution in [0.1, 0.15) is 16.1 Å². The fourth-order valence-corrected chi connectivity index (χ4v) is 1.56. The number of hydrogen-bond donors (Lipinski definition) is 1. The van der Waals surface area contributed by atoms with Gasteiger partial charge in [0.05, 0.1) is 0 Å². The van der Waals surface area contributed by atoms with Gasteiger partial charge in [0.15, 0.2) is 5.65 Å². The highest BCUT2D eigenvalue weighted by Crippen LogP contribution is 2.29. The first-order valence-corrected chi connectivity index (χ1v) is 4.62. The van der Waals surface area contributed by atoms with Gasteiger partial charge in [-0.2, -0.15) is 13.2 Å². The Hall–Kier alpha value is -2.32. The van der Waals surface area contributed by atoms with Crippen molar-refractivity contribution in [1.29, 1.82) is 0 Å². The Morgan fingerprint density at radius 1 is 1.39 bits per heavy atom. The van der Waals surface area contributed by atoms with E-state index in [9.17, 15) is 22.8 Å². The molecular weight excluding hydrogens is 255 g/mol. The topological polar surface area (TPSA) is 76.6 Å². The maximum absolute atomic E-state index is 12.7. The van der Waals surface area contributed by atoms with Gasteiger partial charge in [-0.25, -0.2) is 18.7 Å². The molecule has 0 bridgehead atoms. The highest BCUT2D eigenvalue weighted by atomic mass is 19.4. The van der Waals surface area contributed by atoms with Gasteiger partial charge in [-0.3, -0.25) is 0 Å². The average molecular weight is 261 g/mol. The van der Waals surface area contributed by atoms with E-state index in [-0.39, 0.29) is 4.40 Å². The van der Waals surface area contributed by atoms with Crippen molar-refractivity contribution in [3.63, 3.8) is 0 Å². The van der Waals surface area contributed by atoms with Gasteiger partial charge in [-0.05, 0) is 12.1 Å². The predicted octanol–water partition coefficient (Wildman–Crippen LogP) is 0.750. The van der Waals surface area contributed by atoms with E-state index in [1.165, 1.54) is 0 Å². The maximum atomic E-state index is 12.7. The molecule has 0 spiro atoms. The first kappa shape index (κ1) is 12.1. The molecule has 2 rings (SSSR count). The number of hydrogen-bond acceptors (Lipinski definition) is 3. The van der Waals surface area contributed by atoms with Crippen LogP contribution in [0, 0.1) is 0 Å². The molecule has 96 valence electrons. The molecule has 0 radical (unpaired) electrons. The van der Waals surface area contributed by atoms with Crippen molar-refractivity contribution >= 4 is 11.6 Å². The highest BCUT2D eigenvalue weighted by Gasteiger charge is 2.35. The monoisotopic (exact) mass is 261 g/mol. The summed E-state index contributed by atoms with van der Waals surface area (Å²) in [6.07, 6.45) is -4.78. The second kappa shape index (κ2) is 3.59. The summed E-state index contributed by atoms with van der Waals surface area (Å²) in [6.45, 7) is 0. The standard InChI is InChI=1S/C9H6F3N3O3/c1-14-8(18)15-5(9(10,11)12)3-2-4(7(16)17)6(15)13-14/h2-3H,1H3,(H,16,17). The van der Waals surface area contributed by atoms with Crippen LogP contribution in [0.5, 0.6) is 0 Å². The van der Waals surface area contributed by atoms with Crippen LogP contribution in [0.15, 0.2) is 16.9 Å². The molecule has 2 aromatic rings. The highest BCUT2D eigenvalue weighted by molar-refractivity contribution is 5.94. The number of pyridine rings is 1. The molecule has 0 unspecified atom stereocenters. The normalized spacial score (nSPS) is 12.0. The molecule has 6 nitrogen and oxygen atoms in total. The van der Waals surface area contributed by atoms with Crippen molar-refractivity contribution < 1.29 is 23.1 Å². The summed E-state index contributed by atoms with van der Waals surface area (Å²) >= 11 is 0. The third-order valence-electron chi connectivity index (χ3n) is 2.34. The van der Waals surface area contributed by atoms with Gasteiger partial charge in [-0.15, -0.1) is 5.10 Å². The van der Waals surface area contributed by atoms with E-state index in [0.717, 1.165) is 13.1 Å². The van der Waals surface area contributed by atoms with Crippen molar-refractivity contribution in [1.82, 2.24) is 14.2 Å². The smallest absolute Gasteiger partial charge is 0.431 e. The largest absolute Gasteiger partial charge is 0.478 e. The Balaban J connectivity index is 2.99. The Morgan fingerprint density at radius 3 is 2.50 bits per heavy atom. The number of halogens is 3. The summed E-state index contributed by atoms with van der Waals surface area (Å²) < 4.78 is 39.0. The second-order valence-electron chi connectivity index (χ2n) is 3.50. The van der Waals surface area contributed by atoms with Gasteiger partial charge in [0.1, 0.15) is 11.3 Å². The van der Waals surface area contributed by atoms with Crippen molar-refractivity contribution in [3.05, 3.63) is 33.9 Å². The number of carbonyl (C=O) groups is 1. The van der Waals surface area contributed by atoms with Crippen LogP contribution in [-0.4, -0.2) is 25.3 Å². The van der Waals surface area contributed by atoms with Gasteiger partial charge < -0.3 is 5.11 Å². The molecule has 9 heteroatoms. The Morgan fingerprint density at radius 2 is 2.00 bits per heavy atom. The zero-order chi connectivity index (χ0) is 13.7. The van der Waals surface area contributed by atoms with Gasteiger partial charge in [0, 0.05) is 7.05 Å². The number of aromatic carboxylic acids is 1. The molecule has 0 saturated heterocycles. The summed E-state index contributed by atoms with van der Waals surface area (Å²) in [4.78, 5) is 22.4. The Kier molecular flexibility index (Phi) is 2.42. The molecule has 0 fully saturated rings. The van der Waals surface area contributed by atoms with E-state index in [4.69, 9.17) is 5.11 Å². The van der Waals surface area contributed by atoms with Gasteiger partial charge in [0.2, 0.25) is 0 Å². The maximum Gasteiger partial charge on any atom is 0.431 e. The van der Waals surface area contributed by atoms with Gasteiger partial charge in [0.25, 0.3) is 0 Å². The van der Waals surface area contributed by atoms with E-state index in [2.05, 4.69) is 5.10 Å². The molecule has 0 aliphatic rings. The van der Waals surface area contributed by atoms with Crippen LogP contribution < -0.4 is 5.69 Å². The van der Waals surface area contributed by atoms with Crippen molar-refractivity contribution in [2.45, 2.75) is 6.18 Å². The minimum Gasteiger partial charge on any atom is -0.478 e. The molecule has 2 heterocycles. The summed E-state index contributed by atoms with van der Waals surface area (Å²) in [5, 5.41) is 12.3. The molecule has 2 aromatic heterocycles. The fourth-order valence-electron chi connectivity index (χ4n) is 1.56. The van der Waals surface area contributed by atoms with Crippen LogP contribution >= 0.6 is 0 Å². The molecular formula is C9H6F3N3O3. The number of aromatic nitrogens is 3. The first-order chi connectivity index (χ1) is 8.23. The first-order valence-electron chi connectivity index (χ1n) is 4.62. The van der Waals surface area contributed by atoms with E-state index in [1.54, 1.807) is 0 Å². The van der Waals surface area contributed by atoms with Crippen LogP contribution in [0.4, 0.5) is 13.2 Å². The van der Waals surface area contributed by atoms with Crippen LogP contribution in [0.25, 0.3) is 5.65 Å². The number of carboxylic acid groups (broad SMARTS) is 1. The number of carboxylic acids is 1. The number of aryl methyl sites for hydroxylation is 1. The van der Waals surface area contributed by atoms with E-state index < -0.39 is 34.7 Å². The Labute approximate surface area is 96.9 Å². The van der Waals surface area contributed by atoms with E-state index in [1.807, 2.05) is 0 Å². The quantitative estimate of drug-likeness (QED) is 0.821. The van der Waals surface area contributed by atoms with E-state index >= 15 is 0 Å². The van der Waals surface area contributed by atoms with Gasteiger partial charge >= 0.3 is 17.8 Å². The molecule has 0 amide bonds. The zero-order valence-electron chi connectivity index (χ0n) is 8.89. The molecule has 0 atom stereocenters. The number of rotatable bonds is 1. The van der Waals surface area contributed by atoms with Crippen LogP contribution in [0.2, 0.25) is 0 Å². The zero-order valence-corrected chi connectivity index (χ0v) is 8.89. The van der Waals surface area contributed by atoms with Crippen molar-refractivity contribution in [2.24, 2.45) is 7.05 Å². The molecule has 1 N–H and O–H groups in total. The lowest BCUT2D eigenvalue weighted by atomic mass is 10.2. The average Bonchev–Trinajstić information content (AvgIpc) is 2.53. The number of fused-ring (bicyclic) bond motifs is 1. The lowest BCUT2D eigenvalue weighted by Crippen LogP contribution is -2.24. The van der Waals surface area contributed by atoms with Crippen molar-refractivity contribution in [3.8, 4) is 0 Å². The minimum absolute atomic E-state index is 0.240. The summed E-state index contributed by atoms with van der Waals surface area (Å²) in [7, 11) is 1.14. The molecule has 18 heavy (non-hydrogen) atoms. The lowest BCUT2D eigenvalue weighted by molar-refractivity contribution is -0.142. The van der Waals surface area contributed by atoms with Crippen LogP contribution in [0.3, 0.4) is 0 Å². The fraction of sp³-hybridized carbons (Fsp3) is 0.222. The molecule has 0 aromatic carbocycles. The second-order valence-corrected chi connectivity index (χ2v) is 3.50. The molecule has 0 saturated carbocycles. The third kappa shape index (κ3) is 1.63. The summed E-state index contributed by atoms with van der Waals surface area (Å²) in [5.41, 5.74) is -3.33. The Bertz CT molecular complexity index is 699. The summed E-state index contributed by atoms with van der Waals surface area (Å²) in [5.74, 6) is -1.46. The molecule has 0 aliphatic carbocycles. The lowest BCUT2D eigenvalue weighted by Gasteiger charge is -2.08. The number of nitrogens with zero attached hydrogens (tertiary/aromatic N) is 3. The minimum atomic E-state index is -4.78. The van der Waals surface area contributed by atoms with Gasteiger partial charge in [-0.1, -0.05) is 0 Å². The van der Waals surface area contributed by atoms with Crippen molar-refractivity contribution in [2.75, 3.05) is 0 Å². The third-order valence-corrected chi connectivity index (χ3v) is 2.34. The van der Waals surface area contributed by atoms with E-state index in [0.29, 0.717) is 10.7 Å². The molecule has 0 aliphatic heterocycles. The summed E-state index contributed by atoms with van der Waals surface area (Å²) in [6, 6.07) is 1.31. The SMILES string of the molecule is Cn1nc2c(C(=O)O)ccc(C(F)(F)F)n2c1=O. The predicted molar refractivity (Wildman–Crippen MR) is 52.4 cm³/mol.